The van der Waals surface area contributed by atoms with Crippen molar-refractivity contribution in [1.29, 1.82) is 0 Å². The van der Waals surface area contributed by atoms with E-state index in [2.05, 4.69) is 43.0 Å². The summed E-state index contributed by atoms with van der Waals surface area (Å²) in [5.74, 6) is 2.02. The molecule has 4 saturated carbocycles. The maximum atomic E-state index is 12.2. The van der Waals surface area contributed by atoms with Crippen molar-refractivity contribution >= 4 is 0 Å². The van der Waals surface area contributed by atoms with Gasteiger partial charge in [-0.1, -0.05) is 26.0 Å². The van der Waals surface area contributed by atoms with Crippen LogP contribution in [0.4, 0.5) is 0 Å². The lowest BCUT2D eigenvalue weighted by Crippen LogP contribution is -2.65. The fourth-order valence-electron chi connectivity index (χ4n) is 10.5. The molecule has 5 aliphatic rings. The second kappa shape index (κ2) is 9.50. The summed E-state index contributed by atoms with van der Waals surface area (Å²) in [5, 5.41) is 34.7. The number of nitrogens with zero attached hydrogens (tertiary/aromatic N) is 1. The Labute approximate surface area is 223 Å². The van der Waals surface area contributed by atoms with Crippen LogP contribution in [-0.4, -0.2) is 58.2 Å². The molecule has 5 nitrogen and oxygen atoms in total. The van der Waals surface area contributed by atoms with Crippen LogP contribution in [0.1, 0.15) is 96.1 Å². The molecule has 1 heterocycles. The van der Waals surface area contributed by atoms with E-state index >= 15 is 0 Å². The predicted octanol–water partition coefficient (Wildman–Crippen LogP) is 5.33. The van der Waals surface area contributed by atoms with Gasteiger partial charge in [0.25, 0.3) is 0 Å². The molecule has 6 rings (SSSR count). The number of aliphatic hydroxyl groups is 3. The van der Waals surface area contributed by atoms with Gasteiger partial charge in [0.15, 0.2) is 0 Å². The van der Waals surface area contributed by atoms with Gasteiger partial charge in [-0.25, -0.2) is 0 Å². The number of fused-ring (bicyclic) bond motifs is 5. The van der Waals surface area contributed by atoms with Gasteiger partial charge in [-0.2, -0.15) is 0 Å². The van der Waals surface area contributed by atoms with Gasteiger partial charge in [-0.05, 0) is 136 Å². The van der Waals surface area contributed by atoms with Gasteiger partial charge in [0.1, 0.15) is 5.75 Å². The van der Waals surface area contributed by atoms with Crippen LogP contribution in [0, 0.1) is 34.5 Å². The summed E-state index contributed by atoms with van der Waals surface area (Å²) >= 11 is 0. The smallest absolute Gasteiger partial charge is 0.118 e. The first-order valence-corrected chi connectivity index (χ1v) is 15.2. The molecule has 0 spiro atoms. The van der Waals surface area contributed by atoms with Crippen molar-refractivity contribution in [3.05, 3.63) is 29.8 Å². The summed E-state index contributed by atoms with van der Waals surface area (Å²) in [5.41, 5.74) is 0.730. The van der Waals surface area contributed by atoms with Gasteiger partial charge in [0.05, 0.1) is 24.9 Å². The van der Waals surface area contributed by atoms with Crippen LogP contribution in [0.15, 0.2) is 24.3 Å². The zero-order valence-electron chi connectivity index (χ0n) is 23.2. The van der Waals surface area contributed by atoms with Crippen molar-refractivity contribution in [2.75, 3.05) is 20.2 Å². The summed E-state index contributed by atoms with van der Waals surface area (Å²) in [4.78, 5) is 2.65. The number of aliphatic hydroxyl groups excluding tert-OH is 2. The highest BCUT2D eigenvalue weighted by Crippen LogP contribution is 2.69. The van der Waals surface area contributed by atoms with E-state index in [1.165, 1.54) is 18.4 Å². The molecule has 1 aliphatic heterocycles. The van der Waals surface area contributed by atoms with E-state index in [0.29, 0.717) is 30.2 Å². The average molecular weight is 512 g/mol. The Balaban J connectivity index is 1.36. The number of hydrogen-bond donors (Lipinski definition) is 3. The van der Waals surface area contributed by atoms with E-state index in [0.717, 1.165) is 70.2 Å². The molecule has 3 N–H and O–H groups in total. The van der Waals surface area contributed by atoms with E-state index in [-0.39, 0.29) is 16.7 Å². The standard InChI is InChI=1S/C32H49NO4/c1-30-14-6-15-32(30,36)25-11-12-26-29(35)28(34)20-22(31(26,2)24(25)13-16-30)19-27(33-17-4-5-18-33)21-7-9-23(37-3)10-8-21/h7-10,22,24-29,34-36H,4-6,11-20H2,1-3H3/t22?,24-,25-,26?,27?,28?,29?,30+,31-,32-/m1/s1. The van der Waals surface area contributed by atoms with E-state index in [1.807, 2.05) is 0 Å². The predicted molar refractivity (Wildman–Crippen MR) is 145 cm³/mol. The number of rotatable bonds is 5. The van der Waals surface area contributed by atoms with Gasteiger partial charge in [-0.3, -0.25) is 4.90 Å². The molecule has 1 aromatic rings. The molecule has 0 radical (unpaired) electrons. The molecule has 10 atom stereocenters. The number of benzene rings is 1. The average Bonchev–Trinajstić information content (AvgIpc) is 3.53. The molecule has 0 amide bonds. The molecule has 0 bridgehead atoms. The molecular weight excluding hydrogens is 462 g/mol. The zero-order chi connectivity index (χ0) is 26.0. The maximum absolute atomic E-state index is 12.2. The Morgan fingerprint density at radius 2 is 1.62 bits per heavy atom. The van der Waals surface area contributed by atoms with Crippen LogP contribution >= 0.6 is 0 Å². The summed E-state index contributed by atoms with van der Waals surface area (Å²) < 4.78 is 5.45. The summed E-state index contributed by atoms with van der Waals surface area (Å²) in [7, 11) is 1.72. The van der Waals surface area contributed by atoms with Gasteiger partial charge in [-0.15, -0.1) is 0 Å². The van der Waals surface area contributed by atoms with Gasteiger partial charge in [0.2, 0.25) is 0 Å². The SMILES string of the molecule is COc1ccc(C(CC2CC(O)C(O)C3CC[C@@H]4[C@@H](CC[C@]5(C)CCC[C@@]45O)[C@@]23C)N2CCCC2)cc1. The highest BCUT2D eigenvalue weighted by Gasteiger charge is 2.67. The van der Waals surface area contributed by atoms with Crippen molar-refractivity contribution in [1.82, 2.24) is 4.90 Å². The Morgan fingerprint density at radius 3 is 2.32 bits per heavy atom. The van der Waals surface area contributed by atoms with Gasteiger partial charge in [0, 0.05) is 6.04 Å². The van der Waals surface area contributed by atoms with Crippen LogP contribution in [0.25, 0.3) is 0 Å². The molecule has 5 unspecified atom stereocenters. The molecule has 4 aliphatic carbocycles. The second-order valence-electron chi connectivity index (χ2n) is 13.9. The quantitative estimate of drug-likeness (QED) is 0.499. The minimum Gasteiger partial charge on any atom is -0.497 e. The Kier molecular flexibility index (Phi) is 6.70. The molecule has 0 aromatic heterocycles. The first-order chi connectivity index (χ1) is 17.7. The molecule has 1 saturated heterocycles. The minimum absolute atomic E-state index is 0.0425. The van der Waals surface area contributed by atoms with Crippen molar-refractivity contribution in [3.63, 3.8) is 0 Å². The highest BCUT2D eigenvalue weighted by molar-refractivity contribution is 5.30. The van der Waals surface area contributed by atoms with E-state index in [4.69, 9.17) is 4.74 Å². The lowest BCUT2D eigenvalue weighted by atomic mass is 9.41. The lowest BCUT2D eigenvalue weighted by Gasteiger charge is -2.66. The van der Waals surface area contributed by atoms with Gasteiger partial charge >= 0.3 is 0 Å². The van der Waals surface area contributed by atoms with Crippen molar-refractivity contribution in [2.24, 2.45) is 34.5 Å². The molecular formula is C32H49NO4. The van der Waals surface area contributed by atoms with E-state index < -0.39 is 17.8 Å². The third kappa shape index (κ3) is 3.93. The van der Waals surface area contributed by atoms with Crippen molar-refractivity contribution in [2.45, 2.75) is 108 Å². The van der Waals surface area contributed by atoms with Crippen molar-refractivity contribution < 1.29 is 20.1 Å². The fourth-order valence-corrected chi connectivity index (χ4v) is 10.5. The van der Waals surface area contributed by atoms with Crippen molar-refractivity contribution in [3.8, 4) is 5.75 Å². The molecule has 5 heteroatoms. The van der Waals surface area contributed by atoms with Crippen LogP contribution in [0.5, 0.6) is 5.75 Å². The van der Waals surface area contributed by atoms with E-state index in [9.17, 15) is 15.3 Å². The Hall–Kier alpha value is -1.14. The van der Waals surface area contributed by atoms with Crippen LogP contribution < -0.4 is 4.74 Å². The minimum atomic E-state index is -0.654. The van der Waals surface area contributed by atoms with Crippen LogP contribution in [0.2, 0.25) is 0 Å². The monoisotopic (exact) mass is 511 g/mol. The Morgan fingerprint density at radius 1 is 0.919 bits per heavy atom. The number of likely N-dealkylation sites (tertiary alicyclic amines) is 1. The third-order valence-electron chi connectivity index (χ3n) is 12.6. The molecule has 206 valence electrons. The lowest BCUT2D eigenvalue weighted by molar-refractivity contribution is -0.239. The summed E-state index contributed by atoms with van der Waals surface area (Å²) in [6.45, 7) is 7.04. The van der Waals surface area contributed by atoms with Gasteiger partial charge < -0.3 is 20.1 Å². The summed E-state index contributed by atoms with van der Waals surface area (Å²) in [6, 6.07) is 8.93. The van der Waals surface area contributed by atoms with E-state index in [1.54, 1.807) is 7.11 Å². The molecule has 5 fully saturated rings. The van der Waals surface area contributed by atoms with Crippen LogP contribution in [0.3, 0.4) is 0 Å². The zero-order valence-corrected chi connectivity index (χ0v) is 23.2. The van der Waals surface area contributed by atoms with Crippen LogP contribution in [-0.2, 0) is 0 Å². The first-order valence-electron chi connectivity index (χ1n) is 15.2. The molecule has 1 aromatic carbocycles. The largest absolute Gasteiger partial charge is 0.497 e. The topological polar surface area (TPSA) is 73.2 Å². The highest BCUT2D eigenvalue weighted by atomic mass is 16.5. The number of methoxy groups -OCH3 is 1. The first kappa shape index (κ1) is 26.1. The molecule has 37 heavy (non-hydrogen) atoms. The fraction of sp³-hybridized carbons (Fsp3) is 0.812. The maximum Gasteiger partial charge on any atom is 0.118 e. The third-order valence-corrected chi connectivity index (χ3v) is 12.6. The normalized spacial score (nSPS) is 46.6. The summed E-state index contributed by atoms with van der Waals surface area (Å²) in [6.07, 6.45) is 10.2. The number of hydrogen-bond acceptors (Lipinski definition) is 5. The Bertz CT molecular complexity index is 962. The second-order valence-corrected chi connectivity index (χ2v) is 13.9. The number of ether oxygens (including phenoxy) is 1.